The van der Waals surface area contributed by atoms with E-state index in [9.17, 15) is 8.42 Å². The highest BCUT2D eigenvalue weighted by atomic mass is 32.2. The standard InChI is InChI=1S/C18H18N6O3S/c1-12-8-21-24(11-12)16-7-5-14(10-19-16)22-28(25,26)18-15(27-3)6-4-13-9-20-23(2)17(13)18/h4-11,22H,1-3H3. The molecule has 3 aromatic heterocycles. The third kappa shape index (κ3) is 3.07. The SMILES string of the molecule is COc1ccc2cnn(C)c2c1S(=O)(=O)Nc1ccc(-n2cc(C)cn2)nc1. The van der Waals surface area contributed by atoms with Gasteiger partial charge >= 0.3 is 0 Å². The van der Waals surface area contributed by atoms with E-state index < -0.39 is 10.0 Å². The molecule has 0 bridgehead atoms. The fourth-order valence-corrected chi connectivity index (χ4v) is 4.41. The molecule has 0 saturated carbocycles. The van der Waals surface area contributed by atoms with E-state index in [4.69, 9.17) is 4.74 Å². The molecule has 0 unspecified atom stereocenters. The number of ether oxygens (including phenoxy) is 1. The van der Waals surface area contributed by atoms with Gasteiger partial charge in [0, 0.05) is 18.6 Å². The third-order valence-corrected chi connectivity index (χ3v) is 5.69. The number of methoxy groups -OCH3 is 1. The Balaban J connectivity index is 1.72. The molecule has 0 spiro atoms. The Morgan fingerprint density at radius 3 is 2.54 bits per heavy atom. The lowest BCUT2D eigenvalue weighted by Crippen LogP contribution is -2.16. The monoisotopic (exact) mass is 398 g/mol. The largest absolute Gasteiger partial charge is 0.495 e. The second-order valence-corrected chi connectivity index (χ2v) is 7.90. The van der Waals surface area contributed by atoms with E-state index >= 15 is 0 Å². The number of hydrogen-bond donors (Lipinski definition) is 1. The summed E-state index contributed by atoms with van der Waals surface area (Å²) < 4.78 is 37.2. The van der Waals surface area contributed by atoms with Crippen molar-refractivity contribution < 1.29 is 13.2 Å². The lowest BCUT2D eigenvalue weighted by atomic mass is 10.2. The van der Waals surface area contributed by atoms with Gasteiger partial charge in [-0.1, -0.05) is 0 Å². The van der Waals surface area contributed by atoms with Gasteiger partial charge in [0.25, 0.3) is 10.0 Å². The summed E-state index contributed by atoms with van der Waals surface area (Å²) in [6, 6.07) is 6.70. The van der Waals surface area contributed by atoms with Gasteiger partial charge < -0.3 is 4.74 Å². The van der Waals surface area contributed by atoms with E-state index in [0.29, 0.717) is 22.4 Å². The predicted octanol–water partition coefficient (Wildman–Crippen LogP) is 2.27. The van der Waals surface area contributed by atoms with Crippen LogP contribution < -0.4 is 9.46 Å². The maximum Gasteiger partial charge on any atom is 0.267 e. The van der Waals surface area contributed by atoms with Gasteiger partial charge in [0.1, 0.15) is 5.75 Å². The maximum atomic E-state index is 13.1. The number of rotatable bonds is 5. The van der Waals surface area contributed by atoms with Crippen LogP contribution in [-0.4, -0.2) is 40.1 Å². The number of nitrogens with one attached hydrogen (secondary N) is 1. The minimum atomic E-state index is -3.95. The molecular weight excluding hydrogens is 380 g/mol. The van der Waals surface area contributed by atoms with Crippen molar-refractivity contribution in [2.75, 3.05) is 11.8 Å². The zero-order chi connectivity index (χ0) is 19.9. The van der Waals surface area contributed by atoms with E-state index in [1.165, 1.54) is 18.0 Å². The molecule has 0 radical (unpaired) electrons. The molecule has 0 atom stereocenters. The van der Waals surface area contributed by atoms with Gasteiger partial charge in [0.15, 0.2) is 10.7 Å². The number of aryl methyl sites for hydroxylation is 2. The van der Waals surface area contributed by atoms with Gasteiger partial charge in [-0.05, 0) is 36.8 Å². The van der Waals surface area contributed by atoms with Crippen molar-refractivity contribution in [3.05, 3.63) is 54.6 Å². The molecule has 0 aliphatic rings. The van der Waals surface area contributed by atoms with E-state index in [1.54, 1.807) is 48.4 Å². The van der Waals surface area contributed by atoms with Gasteiger partial charge in [0.05, 0.1) is 36.9 Å². The molecule has 10 heteroatoms. The summed E-state index contributed by atoms with van der Waals surface area (Å²) in [6.45, 7) is 1.93. The number of benzene rings is 1. The van der Waals surface area contributed by atoms with Crippen molar-refractivity contribution in [3.8, 4) is 11.6 Å². The lowest BCUT2D eigenvalue weighted by molar-refractivity contribution is 0.403. The molecule has 4 aromatic rings. The van der Waals surface area contributed by atoms with Crippen LogP contribution in [0.15, 0.2) is 53.9 Å². The first kappa shape index (κ1) is 18.0. The average Bonchev–Trinajstić information content (AvgIpc) is 3.27. The molecule has 9 nitrogen and oxygen atoms in total. The van der Waals surface area contributed by atoms with E-state index in [2.05, 4.69) is 19.9 Å². The normalized spacial score (nSPS) is 11.7. The number of hydrogen-bond acceptors (Lipinski definition) is 6. The highest BCUT2D eigenvalue weighted by molar-refractivity contribution is 7.93. The number of pyridine rings is 1. The van der Waals surface area contributed by atoms with Crippen LogP contribution in [0.2, 0.25) is 0 Å². The van der Waals surface area contributed by atoms with Crippen LogP contribution in [0.5, 0.6) is 5.75 Å². The summed E-state index contributed by atoms with van der Waals surface area (Å²) in [7, 11) is -0.833. The zero-order valence-corrected chi connectivity index (χ0v) is 16.3. The van der Waals surface area contributed by atoms with Crippen LogP contribution in [-0.2, 0) is 17.1 Å². The van der Waals surface area contributed by atoms with Crippen molar-refractivity contribution in [1.29, 1.82) is 0 Å². The molecule has 0 amide bonds. The van der Waals surface area contributed by atoms with Crippen LogP contribution in [0.25, 0.3) is 16.7 Å². The van der Waals surface area contributed by atoms with Crippen LogP contribution in [0.4, 0.5) is 5.69 Å². The average molecular weight is 398 g/mol. The molecule has 0 aliphatic carbocycles. The molecule has 1 N–H and O–H groups in total. The Hall–Kier alpha value is -3.40. The van der Waals surface area contributed by atoms with Crippen molar-refractivity contribution in [2.45, 2.75) is 11.8 Å². The molecular formula is C18H18N6O3S. The number of nitrogens with zero attached hydrogens (tertiary/aromatic N) is 5. The molecule has 0 saturated heterocycles. The summed E-state index contributed by atoms with van der Waals surface area (Å²) >= 11 is 0. The minimum absolute atomic E-state index is 0.0271. The highest BCUT2D eigenvalue weighted by Crippen LogP contribution is 2.33. The quantitative estimate of drug-likeness (QED) is 0.553. The fraction of sp³-hybridized carbons (Fsp3) is 0.167. The Labute approximate surface area is 161 Å². The second-order valence-electron chi connectivity index (χ2n) is 6.28. The topological polar surface area (TPSA) is 104 Å². The number of fused-ring (bicyclic) bond motifs is 1. The summed E-state index contributed by atoms with van der Waals surface area (Å²) in [5.74, 6) is 0.822. The van der Waals surface area contributed by atoms with Crippen LogP contribution in [0, 0.1) is 6.92 Å². The molecule has 0 fully saturated rings. The van der Waals surface area contributed by atoms with Crippen molar-refractivity contribution in [2.24, 2.45) is 7.05 Å². The zero-order valence-electron chi connectivity index (χ0n) is 15.5. The number of anilines is 1. The maximum absolute atomic E-state index is 13.1. The number of aromatic nitrogens is 5. The predicted molar refractivity (Wildman–Crippen MR) is 104 cm³/mol. The molecule has 28 heavy (non-hydrogen) atoms. The Morgan fingerprint density at radius 1 is 1.07 bits per heavy atom. The summed E-state index contributed by atoms with van der Waals surface area (Å²) in [5.41, 5.74) is 1.79. The summed E-state index contributed by atoms with van der Waals surface area (Å²) in [6.07, 6.45) is 6.61. The Bertz CT molecular complexity index is 1260. The lowest BCUT2D eigenvalue weighted by Gasteiger charge is -2.13. The first-order valence-electron chi connectivity index (χ1n) is 8.38. The molecule has 1 aromatic carbocycles. The van der Waals surface area contributed by atoms with E-state index in [0.717, 1.165) is 5.56 Å². The Morgan fingerprint density at radius 2 is 1.89 bits per heavy atom. The smallest absolute Gasteiger partial charge is 0.267 e. The van der Waals surface area contributed by atoms with Crippen LogP contribution in [0.3, 0.4) is 0 Å². The van der Waals surface area contributed by atoms with Crippen molar-refractivity contribution in [1.82, 2.24) is 24.5 Å². The van der Waals surface area contributed by atoms with Crippen LogP contribution >= 0.6 is 0 Å². The third-order valence-electron chi connectivity index (χ3n) is 4.26. The van der Waals surface area contributed by atoms with Crippen LogP contribution in [0.1, 0.15) is 5.56 Å². The van der Waals surface area contributed by atoms with E-state index in [1.807, 2.05) is 13.1 Å². The van der Waals surface area contributed by atoms with Gasteiger partial charge in [-0.2, -0.15) is 10.2 Å². The van der Waals surface area contributed by atoms with E-state index in [-0.39, 0.29) is 10.6 Å². The van der Waals surface area contributed by atoms with Crippen molar-refractivity contribution >= 4 is 26.6 Å². The Kier molecular flexibility index (Phi) is 4.27. The molecule has 3 heterocycles. The summed E-state index contributed by atoms with van der Waals surface area (Å²) in [5, 5.41) is 9.03. The summed E-state index contributed by atoms with van der Waals surface area (Å²) in [4.78, 5) is 4.30. The molecule has 4 rings (SSSR count). The molecule has 0 aliphatic heterocycles. The van der Waals surface area contributed by atoms with Gasteiger partial charge in [0.2, 0.25) is 0 Å². The first-order chi connectivity index (χ1) is 13.4. The second kappa shape index (κ2) is 6.64. The van der Waals surface area contributed by atoms with Crippen molar-refractivity contribution in [3.63, 3.8) is 0 Å². The molecule has 144 valence electrons. The van der Waals surface area contributed by atoms with Gasteiger partial charge in [-0.25, -0.2) is 18.1 Å². The number of sulfonamides is 1. The minimum Gasteiger partial charge on any atom is -0.495 e. The highest BCUT2D eigenvalue weighted by Gasteiger charge is 2.25. The first-order valence-corrected chi connectivity index (χ1v) is 9.86. The van der Waals surface area contributed by atoms with Gasteiger partial charge in [-0.3, -0.25) is 9.40 Å². The van der Waals surface area contributed by atoms with Gasteiger partial charge in [-0.15, -0.1) is 0 Å². The fourth-order valence-electron chi connectivity index (χ4n) is 2.96.